The van der Waals surface area contributed by atoms with Gasteiger partial charge >= 0.3 is 0 Å². The molecule has 0 amide bonds. The van der Waals surface area contributed by atoms with Crippen molar-refractivity contribution in [1.82, 2.24) is 10.2 Å². The third-order valence-corrected chi connectivity index (χ3v) is 4.88. The van der Waals surface area contributed by atoms with E-state index in [-0.39, 0.29) is 0 Å². The Morgan fingerprint density at radius 2 is 1.80 bits per heavy atom. The molecular weight excluding hydrogens is 244 g/mol. The van der Waals surface area contributed by atoms with Crippen molar-refractivity contribution in [3.63, 3.8) is 0 Å². The molecule has 0 aromatic carbocycles. The van der Waals surface area contributed by atoms with Gasteiger partial charge in [-0.3, -0.25) is 0 Å². The first-order valence-corrected chi connectivity index (χ1v) is 8.47. The lowest BCUT2D eigenvalue weighted by Crippen LogP contribution is -2.59. The quantitative estimate of drug-likeness (QED) is 0.563. The SMILES string of the molecule is CC#CCCC(NCCC)C1(N(C)C)CCCCCC1. The molecule has 2 nitrogen and oxygen atoms in total. The van der Waals surface area contributed by atoms with E-state index in [1.54, 1.807) is 0 Å². The Balaban J connectivity index is 2.84. The summed E-state index contributed by atoms with van der Waals surface area (Å²) in [6.07, 6.45) is 11.6. The molecule has 0 saturated heterocycles. The van der Waals surface area contributed by atoms with E-state index in [0.29, 0.717) is 11.6 Å². The first-order chi connectivity index (χ1) is 9.67. The highest BCUT2D eigenvalue weighted by Gasteiger charge is 2.40. The van der Waals surface area contributed by atoms with Crippen LogP contribution in [0.2, 0.25) is 0 Å². The maximum absolute atomic E-state index is 3.84. The zero-order valence-corrected chi connectivity index (χ0v) is 14.1. The summed E-state index contributed by atoms with van der Waals surface area (Å²) in [6.45, 7) is 5.33. The average Bonchev–Trinajstić information content (AvgIpc) is 2.69. The second-order valence-electron chi connectivity index (χ2n) is 6.38. The predicted octanol–water partition coefficient (Wildman–Crippen LogP) is 3.81. The minimum atomic E-state index is 0.334. The molecule has 0 aromatic rings. The van der Waals surface area contributed by atoms with E-state index >= 15 is 0 Å². The minimum absolute atomic E-state index is 0.334. The number of hydrogen-bond acceptors (Lipinski definition) is 2. The van der Waals surface area contributed by atoms with Crippen LogP contribution >= 0.6 is 0 Å². The minimum Gasteiger partial charge on any atom is -0.312 e. The molecular formula is C18H34N2. The summed E-state index contributed by atoms with van der Waals surface area (Å²) in [6, 6.07) is 0.580. The van der Waals surface area contributed by atoms with Crippen LogP contribution < -0.4 is 5.32 Å². The van der Waals surface area contributed by atoms with Gasteiger partial charge in [-0.1, -0.05) is 32.6 Å². The normalized spacial score (nSPS) is 20.1. The standard InChI is InChI=1S/C18H34N2/c1-5-7-10-13-17(19-16-6-2)18(20(3)4)14-11-8-9-12-15-18/h17,19H,6,8-16H2,1-4H3. The van der Waals surface area contributed by atoms with Gasteiger partial charge in [-0.25, -0.2) is 0 Å². The lowest BCUT2D eigenvalue weighted by Gasteiger charge is -2.46. The molecule has 0 aromatic heterocycles. The Labute approximate surface area is 126 Å². The molecule has 1 aliphatic carbocycles. The fourth-order valence-corrected chi connectivity index (χ4v) is 3.67. The van der Waals surface area contributed by atoms with Gasteiger partial charge in [0.1, 0.15) is 0 Å². The molecule has 1 saturated carbocycles. The third kappa shape index (κ3) is 4.79. The van der Waals surface area contributed by atoms with Crippen molar-refractivity contribution in [1.29, 1.82) is 0 Å². The first-order valence-electron chi connectivity index (χ1n) is 8.47. The van der Waals surface area contributed by atoms with Crippen molar-refractivity contribution in [2.24, 2.45) is 0 Å². The maximum atomic E-state index is 3.84. The summed E-state index contributed by atoms with van der Waals surface area (Å²) in [5.74, 6) is 6.30. The van der Waals surface area contributed by atoms with Crippen molar-refractivity contribution in [2.45, 2.75) is 83.2 Å². The Kier molecular flexibility index (Phi) is 8.26. The molecule has 1 atom stereocenters. The van der Waals surface area contributed by atoms with Crippen LogP contribution in [0.5, 0.6) is 0 Å². The number of nitrogens with zero attached hydrogens (tertiary/aromatic N) is 1. The lowest BCUT2D eigenvalue weighted by molar-refractivity contribution is 0.0769. The zero-order valence-electron chi connectivity index (χ0n) is 14.1. The van der Waals surface area contributed by atoms with Gasteiger partial charge in [0.2, 0.25) is 0 Å². The van der Waals surface area contributed by atoms with Crippen molar-refractivity contribution >= 4 is 0 Å². The van der Waals surface area contributed by atoms with Gasteiger partial charge in [0, 0.05) is 18.0 Å². The molecule has 0 aliphatic heterocycles. The molecule has 0 spiro atoms. The predicted molar refractivity (Wildman–Crippen MR) is 88.9 cm³/mol. The van der Waals surface area contributed by atoms with Crippen LogP contribution in [0, 0.1) is 11.8 Å². The molecule has 0 heterocycles. The molecule has 0 radical (unpaired) electrons. The smallest absolute Gasteiger partial charge is 0.0356 e. The van der Waals surface area contributed by atoms with Crippen molar-refractivity contribution in [3.8, 4) is 11.8 Å². The largest absolute Gasteiger partial charge is 0.312 e. The second kappa shape index (κ2) is 9.42. The molecule has 1 aliphatic rings. The third-order valence-electron chi connectivity index (χ3n) is 4.88. The maximum Gasteiger partial charge on any atom is 0.0356 e. The molecule has 116 valence electrons. The van der Waals surface area contributed by atoms with Gasteiger partial charge in [-0.05, 0) is 53.2 Å². The summed E-state index contributed by atoms with van der Waals surface area (Å²) in [4.78, 5) is 2.50. The molecule has 1 fully saturated rings. The van der Waals surface area contributed by atoms with Gasteiger partial charge in [0.15, 0.2) is 0 Å². The van der Waals surface area contributed by atoms with E-state index in [1.165, 1.54) is 51.4 Å². The van der Waals surface area contributed by atoms with Crippen molar-refractivity contribution < 1.29 is 0 Å². The zero-order chi connectivity index (χ0) is 14.8. The molecule has 20 heavy (non-hydrogen) atoms. The molecule has 2 heteroatoms. The van der Waals surface area contributed by atoms with Crippen LogP contribution in [0.25, 0.3) is 0 Å². The van der Waals surface area contributed by atoms with Gasteiger partial charge < -0.3 is 10.2 Å². The first kappa shape index (κ1) is 17.5. The fraction of sp³-hybridized carbons (Fsp3) is 0.889. The van der Waals surface area contributed by atoms with Crippen LogP contribution in [-0.2, 0) is 0 Å². The van der Waals surface area contributed by atoms with E-state index in [4.69, 9.17) is 0 Å². The Morgan fingerprint density at radius 3 is 2.30 bits per heavy atom. The fourth-order valence-electron chi connectivity index (χ4n) is 3.67. The van der Waals surface area contributed by atoms with E-state index in [1.807, 2.05) is 6.92 Å². The molecule has 1 rings (SSSR count). The van der Waals surface area contributed by atoms with Gasteiger partial charge in [-0.2, -0.15) is 0 Å². The summed E-state index contributed by atoms with van der Waals surface area (Å²) in [5, 5.41) is 3.84. The van der Waals surface area contributed by atoms with E-state index in [2.05, 4.69) is 43.1 Å². The van der Waals surface area contributed by atoms with Gasteiger partial charge in [0.05, 0.1) is 0 Å². The van der Waals surface area contributed by atoms with Crippen LogP contribution in [0.3, 0.4) is 0 Å². The van der Waals surface area contributed by atoms with Gasteiger partial charge in [0.25, 0.3) is 0 Å². The highest BCUT2D eigenvalue weighted by molar-refractivity contribution is 5.03. The number of nitrogens with one attached hydrogen (secondary N) is 1. The van der Waals surface area contributed by atoms with Crippen LogP contribution in [0.15, 0.2) is 0 Å². The monoisotopic (exact) mass is 278 g/mol. The Bertz CT molecular complexity index is 303. The van der Waals surface area contributed by atoms with Crippen molar-refractivity contribution in [2.75, 3.05) is 20.6 Å². The Morgan fingerprint density at radius 1 is 1.15 bits per heavy atom. The Hall–Kier alpha value is -0.520. The summed E-state index contributed by atoms with van der Waals surface area (Å²) in [5.41, 5.74) is 0.334. The topological polar surface area (TPSA) is 15.3 Å². The number of rotatable bonds is 7. The van der Waals surface area contributed by atoms with E-state index < -0.39 is 0 Å². The van der Waals surface area contributed by atoms with Crippen molar-refractivity contribution in [3.05, 3.63) is 0 Å². The lowest BCUT2D eigenvalue weighted by atomic mass is 9.79. The van der Waals surface area contributed by atoms with Crippen LogP contribution in [0.4, 0.5) is 0 Å². The second-order valence-corrected chi connectivity index (χ2v) is 6.38. The van der Waals surface area contributed by atoms with Crippen LogP contribution in [-0.4, -0.2) is 37.1 Å². The van der Waals surface area contributed by atoms with E-state index in [9.17, 15) is 0 Å². The molecule has 0 bridgehead atoms. The summed E-state index contributed by atoms with van der Waals surface area (Å²) >= 11 is 0. The highest BCUT2D eigenvalue weighted by Crippen LogP contribution is 2.35. The summed E-state index contributed by atoms with van der Waals surface area (Å²) < 4.78 is 0. The van der Waals surface area contributed by atoms with Crippen LogP contribution in [0.1, 0.15) is 71.6 Å². The molecule has 1 N–H and O–H groups in total. The molecule has 1 unspecified atom stereocenters. The van der Waals surface area contributed by atoms with E-state index in [0.717, 1.165) is 13.0 Å². The highest BCUT2D eigenvalue weighted by atomic mass is 15.2. The number of likely N-dealkylation sites (N-methyl/N-ethyl adjacent to an activating group) is 1. The van der Waals surface area contributed by atoms with Gasteiger partial charge in [-0.15, -0.1) is 11.8 Å². The number of hydrogen-bond donors (Lipinski definition) is 1. The average molecular weight is 278 g/mol. The summed E-state index contributed by atoms with van der Waals surface area (Å²) in [7, 11) is 4.55.